The number of primary amides is 1. The molecule has 0 saturated carbocycles. The molecule has 2 N–H and O–H groups in total. The Morgan fingerprint density at radius 3 is 2.18 bits per heavy atom. The van der Waals surface area contributed by atoms with Gasteiger partial charge >= 0.3 is 18.4 Å². The highest BCUT2D eigenvalue weighted by atomic mass is 19.4. The number of hydrazone groups is 1. The molecular weight excluding hydrogens is 305 g/mol. The molecule has 4 amide bonds. The van der Waals surface area contributed by atoms with Gasteiger partial charge in [0.1, 0.15) is 5.75 Å². The van der Waals surface area contributed by atoms with Crippen LogP contribution in [0.25, 0.3) is 0 Å². The van der Waals surface area contributed by atoms with E-state index in [1.54, 1.807) is 0 Å². The van der Waals surface area contributed by atoms with E-state index >= 15 is 0 Å². The molecule has 0 aliphatic rings. The van der Waals surface area contributed by atoms with E-state index in [0.29, 0.717) is 10.6 Å². The first-order valence-corrected chi connectivity index (χ1v) is 5.81. The summed E-state index contributed by atoms with van der Waals surface area (Å²) >= 11 is 0. The average molecular weight is 318 g/mol. The first kappa shape index (κ1) is 17.3. The maximum atomic E-state index is 12.0. The number of carbonyl (C=O) groups is 2. The Bertz CT molecular complexity index is 570. The molecule has 0 bridgehead atoms. The van der Waals surface area contributed by atoms with Crippen molar-refractivity contribution in [3.8, 4) is 5.75 Å². The van der Waals surface area contributed by atoms with Crippen LogP contribution < -0.4 is 10.5 Å². The molecule has 0 aromatic heterocycles. The summed E-state index contributed by atoms with van der Waals surface area (Å²) in [6.45, 7) is 0. The van der Waals surface area contributed by atoms with Crippen LogP contribution in [0.5, 0.6) is 5.75 Å². The smallest absolute Gasteiger partial charge is 0.406 e. The summed E-state index contributed by atoms with van der Waals surface area (Å²) < 4.78 is 39.7. The number of urea groups is 2. The van der Waals surface area contributed by atoms with Gasteiger partial charge in [-0.1, -0.05) is 0 Å². The molecule has 0 spiro atoms. The first-order chi connectivity index (χ1) is 10.1. The summed E-state index contributed by atoms with van der Waals surface area (Å²) in [7, 11) is 2.80. The number of hydrogen-bond acceptors (Lipinski definition) is 4. The predicted molar refractivity (Wildman–Crippen MR) is 71.2 cm³/mol. The molecule has 0 aliphatic carbocycles. The Morgan fingerprint density at radius 2 is 1.77 bits per heavy atom. The number of amides is 4. The minimum absolute atomic E-state index is 0.340. The second kappa shape index (κ2) is 6.78. The Balaban J connectivity index is 2.84. The van der Waals surface area contributed by atoms with Crippen LogP contribution >= 0.6 is 0 Å². The lowest BCUT2D eigenvalue weighted by atomic mass is 10.2. The van der Waals surface area contributed by atoms with Crippen molar-refractivity contribution in [3.05, 3.63) is 29.8 Å². The summed E-state index contributed by atoms with van der Waals surface area (Å²) in [6, 6.07) is 2.81. The summed E-state index contributed by atoms with van der Waals surface area (Å²) in [5.41, 5.74) is 5.35. The Labute approximate surface area is 123 Å². The van der Waals surface area contributed by atoms with Crippen LogP contribution in [0.2, 0.25) is 0 Å². The number of ether oxygens (including phenoxy) is 1. The van der Waals surface area contributed by atoms with Gasteiger partial charge in [0.15, 0.2) is 0 Å². The minimum atomic E-state index is -4.78. The molecule has 0 aliphatic heterocycles. The summed E-state index contributed by atoms with van der Waals surface area (Å²) in [4.78, 5) is 23.8. The van der Waals surface area contributed by atoms with E-state index < -0.39 is 24.2 Å². The monoisotopic (exact) mass is 318 g/mol. The lowest BCUT2D eigenvalue weighted by molar-refractivity contribution is -0.274. The van der Waals surface area contributed by atoms with E-state index in [1.165, 1.54) is 26.2 Å². The molecule has 120 valence electrons. The molecule has 7 nitrogen and oxygen atoms in total. The van der Waals surface area contributed by atoms with E-state index in [-0.39, 0.29) is 0 Å². The van der Waals surface area contributed by atoms with Gasteiger partial charge < -0.3 is 15.4 Å². The average Bonchev–Trinajstić information content (AvgIpc) is 2.38. The third kappa shape index (κ3) is 5.31. The molecule has 0 heterocycles. The maximum absolute atomic E-state index is 12.0. The fraction of sp³-hybridized carbons (Fsp3) is 0.250. The number of carbonyl (C=O) groups excluding carboxylic acids is 2. The van der Waals surface area contributed by atoms with Crippen molar-refractivity contribution < 1.29 is 27.5 Å². The van der Waals surface area contributed by atoms with E-state index in [2.05, 4.69) is 9.84 Å². The Morgan fingerprint density at radius 1 is 1.23 bits per heavy atom. The normalized spacial score (nSPS) is 11.3. The molecule has 0 saturated heterocycles. The Kier molecular flexibility index (Phi) is 5.33. The highest BCUT2D eigenvalue weighted by molar-refractivity contribution is 5.94. The van der Waals surface area contributed by atoms with Crippen molar-refractivity contribution in [2.24, 2.45) is 10.8 Å². The standard InChI is InChI=1S/C12H13F3N4O3/c1-18(2)11(21)19(10(16)20)17-7-8-3-5-9(6-4-8)22-12(13,14)15/h3-7H,1-2H3,(H2,16,20)/b17-7+. The zero-order chi connectivity index (χ0) is 16.9. The number of benzene rings is 1. The minimum Gasteiger partial charge on any atom is -0.406 e. The zero-order valence-corrected chi connectivity index (χ0v) is 11.7. The molecule has 1 rings (SSSR count). The number of nitrogens with zero attached hydrogens (tertiary/aromatic N) is 3. The van der Waals surface area contributed by atoms with Crippen molar-refractivity contribution in [1.82, 2.24) is 9.91 Å². The molecule has 0 unspecified atom stereocenters. The Hall–Kier alpha value is -2.78. The van der Waals surface area contributed by atoms with Gasteiger partial charge in [0.2, 0.25) is 0 Å². The number of hydrogen-bond donors (Lipinski definition) is 1. The highest BCUT2D eigenvalue weighted by Gasteiger charge is 2.30. The lowest BCUT2D eigenvalue weighted by Crippen LogP contribution is -2.42. The fourth-order valence-electron chi connectivity index (χ4n) is 1.27. The zero-order valence-electron chi connectivity index (χ0n) is 11.7. The lowest BCUT2D eigenvalue weighted by Gasteiger charge is -2.17. The topological polar surface area (TPSA) is 88.2 Å². The van der Waals surface area contributed by atoms with Crippen LogP contribution in [0.4, 0.5) is 22.8 Å². The number of nitrogens with two attached hydrogens (primary N) is 1. The third-order valence-corrected chi connectivity index (χ3v) is 2.21. The second-order valence-corrected chi connectivity index (χ2v) is 4.19. The largest absolute Gasteiger partial charge is 0.573 e. The third-order valence-electron chi connectivity index (χ3n) is 2.21. The van der Waals surface area contributed by atoms with E-state index in [0.717, 1.165) is 23.2 Å². The van der Waals surface area contributed by atoms with Crippen LogP contribution in [0.3, 0.4) is 0 Å². The number of halogens is 3. The van der Waals surface area contributed by atoms with Crippen LogP contribution in [-0.2, 0) is 0 Å². The van der Waals surface area contributed by atoms with Crippen LogP contribution in [-0.4, -0.2) is 48.6 Å². The predicted octanol–water partition coefficient (Wildman–Crippen LogP) is 1.98. The van der Waals surface area contributed by atoms with Crippen molar-refractivity contribution in [1.29, 1.82) is 0 Å². The van der Waals surface area contributed by atoms with Gasteiger partial charge in [-0.2, -0.15) is 5.10 Å². The van der Waals surface area contributed by atoms with Crippen molar-refractivity contribution in [3.63, 3.8) is 0 Å². The molecule has 0 atom stereocenters. The molecule has 1 aromatic rings. The summed E-state index contributed by atoms with van der Waals surface area (Å²) in [5, 5.41) is 4.02. The molecule has 10 heteroatoms. The quantitative estimate of drug-likeness (QED) is 0.683. The highest BCUT2D eigenvalue weighted by Crippen LogP contribution is 2.22. The van der Waals surface area contributed by atoms with E-state index in [1.807, 2.05) is 0 Å². The van der Waals surface area contributed by atoms with Crippen molar-refractivity contribution in [2.45, 2.75) is 6.36 Å². The van der Waals surface area contributed by atoms with Gasteiger partial charge in [0, 0.05) is 14.1 Å². The second-order valence-electron chi connectivity index (χ2n) is 4.19. The van der Waals surface area contributed by atoms with Gasteiger partial charge in [-0.3, -0.25) is 0 Å². The van der Waals surface area contributed by atoms with E-state index in [4.69, 9.17) is 5.73 Å². The first-order valence-electron chi connectivity index (χ1n) is 5.81. The summed E-state index contributed by atoms with van der Waals surface area (Å²) in [5.74, 6) is -0.402. The molecule has 22 heavy (non-hydrogen) atoms. The molecule has 0 radical (unpaired) electrons. The molecule has 1 aromatic carbocycles. The number of alkyl halides is 3. The van der Waals surface area contributed by atoms with Crippen molar-refractivity contribution in [2.75, 3.05) is 14.1 Å². The van der Waals surface area contributed by atoms with Crippen LogP contribution in [0, 0.1) is 0 Å². The SMILES string of the molecule is CN(C)C(=O)N(/N=C/c1ccc(OC(F)(F)F)cc1)C(N)=O. The van der Waals surface area contributed by atoms with Gasteiger partial charge in [-0.05, 0) is 29.8 Å². The number of imide groups is 1. The molecule has 0 fully saturated rings. The van der Waals surface area contributed by atoms with Gasteiger partial charge in [-0.25, -0.2) is 9.59 Å². The summed E-state index contributed by atoms with van der Waals surface area (Å²) in [6.07, 6.45) is -3.68. The maximum Gasteiger partial charge on any atom is 0.573 e. The molecular formula is C12H13F3N4O3. The van der Waals surface area contributed by atoms with Crippen LogP contribution in [0.1, 0.15) is 5.56 Å². The fourth-order valence-corrected chi connectivity index (χ4v) is 1.27. The number of rotatable bonds is 3. The van der Waals surface area contributed by atoms with Gasteiger partial charge in [0.05, 0.1) is 6.21 Å². The van der Waals surface area contributed by atoms with Crippen molar-refractivity contribution >= 4 is 18.3 Å². The van der Waals surface area contributed by atoms with E-state index in [9.17, 15) is 22.8 Å². The van der Waals surface area contributed by atoms with Crippen LogP contribution in [0.15, 0.2) is 29.4 Å². The van der Waals surface area contributed by atoms with Gasteiger partial charge in [-0.15, -0.1) is 18.2 Å². The van der Waals surface area contributed by atoms with Gasteiger partial charge in [0.25, 0.3) is 0 Å².